The van der Waals surface area contributed by atoms with E-state index in [1.54, 1.807) is 19.1 Å². The minimum atomic E-state index is -0.567. The van der Waals surface area contributed by atoms with Crippen LogP contribution >= 0.6 is 0 Å². The predicted molar refractivity (Wildman–Crippen MR) is 75.9 cm³/mol. The molecule has 1 rings (SSSR count). The maximum Gasteiger partial charge on any atom is 0.305 e. The van der Waals surface area contributed by atoms with Crippen molar-refractivity contribution in [2.75, 3.05) is 25.5 Å². The summed E-state index contributed by atoms with van der Waals surface area (Å²) >= 11 is 0. The van der Waals surface area contributed by atoms with Crippen LogP contribution in [0.15, 0.2) is 18.2 Å². The van der Waals surface area contributed by atoms with Crippen LogP contribution in [-0.2, 0) is 0 Å². The number of benzene rings is 1. The lowest BCUT2D eigenvalue weighted by molar-refractivity contribution is -0.384. The van der Waals surface area contributed by atoms with Crippen molar-refractivity contribution in [1.82, 2.24) is 4.90 Å². The van der Waals surface area contributed by atoms with Gasteiger partial charge in [-0.05, 0) is 26.0 Å². The molecule has 0 aliphatic heterocycles. The van der Waals surface area contributed by atoms with E-state index in [4.69, 9.17) is 5.11 Å². The molecule has 0 heterocycles. The fourth-order valence-corrected chi connectivity index (χ4v) is 1.76. The average molecular weight is 281 g/mol. The second-order valence-electron chi connectivity index (χ2n) is 4.44. The highest BCUT2D eigenvalue weighted by Gasteiger charge is 2.27. The number of anilines is 1. The summed E-state index contributed by atoms with van der Waals surface area (Å²) in [6, 6.07) is 4.16. The zero-order valence-electron chi connectivity index (χ0n) is 11.8. The molecular weight excluding hydrogens is 262 g/mol. The summed E-state index contributed by atoms with van der Waals surface area (Å²) < 4.78 is 0. The Kier molecular flexibility index (Phi) is 5.45. The molecule has 2 N–H and O–H groups in total. The van der Waals surface area contributed by atoms with Gasteiger partial charge in [-0.25, -0.2) is 0 Å². The van der Waals surface area contributed by atoms with Crippen LogP contribution in [0.25, 0.3) is 0 Å². The van der Waals surface area contributed by atoms with Crippen molar-refractivity contribution < 1.29 is 14.8 Å². The lowest BCUT2D eigenvalue weighted by Gasteiger charge is -2.23. The van der Waals surface area contributed by atoms with E-state index in [1.807, 2.05) is 6.92 Å². The Balaban J connectivity index is 3.27. The summed E-state index contributed by atoms with van der Waals surface area (Å²) in [6.45, 7) is 3.79. The van der Waals surface area contributed by atoms with Gasteiger partial charge >= 0.3 is 5.69 Å². The van der Waals surface area contributed by atoms with Gasteiger partial charge in [0.15, 0.2) is 0 Å². The standard InChI is InChI=1S/C13H19N3O4/c1-4-14-11-7-5-6-10(12(11)16(19)20)13(18)15(3)9(2)8-17/h5-7,9,14,17H,4,8H2,1-3H3. The maximum atomic E-state index is 12.3. The zero-order chi connectivity index (χ0) is 15.3. The first-order chi connectivity index (χ1) is 9.43. The van der Waals surface area contributed by atoms with Gasteiger partial charge in [-0.3, -0.25) is 14.9 Å². The molecule has 0 aliphatic rings. The van der Waals surface area contributed by atoms with Crippen LogP contribution in [0.1, 0.15) is 24.2 Å². The number of hydrogen-bond acceptors (Lipinski definition) is 5. The monoisotopic (exact) mass is 281 g/mol. The van der Waals surface area contributed by atoms with Gasteiger partial charge in [0, 0.05) is 13.6 Å². The number of nitrogens with zero attached hydrogens (tertiary/aromatic N) is 2. The molecule has 7 heteroatoms. The Morgan fingerprint density at radius 2 is 2.20 bits per heavy atom. The molecule has 1 aromatic carbocycles. The van der Waals surface area contributed by atoms with Crippen LogP contribution in [0.5, 0.6) is 0 Å². The number of hydrogen-bond donors (Lipinski definition) is 2. The van der Waals surface area contributed by atoms with Gasteiger partial charge in [0.05, 0.1) is 17.6 Å². The number of nitrogens with one attached hydrogen (secondary N) is 1. The largest absolute Gasteiger partial charge is 0.394 e. The van der Waals surface area contributed by atoms with Crippen LogP contribution in [0.4, 0.5) is 11.4 Å². The van der Waals surface area contributed by atoms with E-state index < -0.39 is 16.9 Å². The van der Waals surface area contributed by atoms with Crippen LogP contribution in [0, 0.1) is 10.1 Å². The highest BCUT2D eigenvalue weighted by Crippen LogP contribution is 2.29. The van der Waals surface area contributed by atoms with Crippen molar-refractivity contribution in [2.45, 2.75) is 19.9 Å². The Labute approximate surface area is 117 Å². The number of para-hydroxylation sites is 1. The van der Waals surface area contributed by atoms with Crippen molar-refractivity contribution in [3.05, 3.63) is 33.9 Å². The number of aliphatic hydroxyl groups excluding tert-OH is 1. The lowest BCUT2D eigenvalue weighted by Crippen LogP contribution is -2.37. The number of carbonyl (C=O) groups is 1. The fourth-order valence-electron chi connectivity index (χ4n) is 1.76. The van der Waals surface area contributed by atoms with E-state index in [1.165, 1.54) is 18.0 Å². The minimum Gasteiger partial charge on any atom is -0.394 e. The second-order valence-corrected chi connectivity index (χ2v) is 4.44. The third-order valence-corrected chi connectivity index (χ3v) is 3.06. The first kappa shape index (κ1) is 15.9. The van der Waals surface area contributed by atoms with Crippen LogP contribution in [0.3, 0.4) is 0 Å². The first-order valence-electron chi connectivity index (χ1n) is 6.33. The molecule has 1 unspecified atom stereocenters. The van der Waals surface area contributed by atoms with Crippen molar-refractivity contribution in [3.8, 4) is 0 Å². The molecule has 0 aromatic heterocycles. The average Bonchev–Trinajstić information content (AvgIpc) is 2.44. The zero-order valence-corrected chi connectivity index (χ0v) is 11.8. The molecule has 1 atom stereocenters. The second kappa shape index (κ2) is 6.85. The fraction of sp³-hybridized carbons (Fsp3) is 0.462. The van der Waals surface area contributed by atoms with E-state index in [9.17, 15) is 14.9 Å². The number of carbonyl (C=O) groups excluding carboxylic acids is 1. The summed E-state index contributed by atoms with van der Waals surface area (Å²) in [5.41, 5.74) is 0.0843. The van der Waals surface area contributed by atoms with Crippen molar-refractivity contribution in [3.63, 3.8) is 0 Å². The van der Waals surface area contributed by atoms with Gasteiger partial charge in [0.25, 0.3) is 5.91 Å². The van der Waals surface area contributed by atoms with Crippen molar-refractivity contribution in [1.29, 1.82) is 0 Å². The van der Waals surface area contributed by atoms with E-state index in [0.717, 1.165) is 0 Å². The van der Waals surface area contributed by atoms with Crippen molar-refractivity contribution in [2.24, 2.45) is 0 Å². The minimum absolute atomic E-state index is 0.0104. The van der Waals surface area contributed by atoms with Gasteiger partial charge in [-0.2, -0.15) is 0 Å². The van der Waals surface area contributed by atoms with Crippen LogP contribution in [0.2, 0.25) is 0 Å². The number of aliphatic hydroxyl groups is 1. The molecule has 0 bridgehead atoms. The van der Waals surface area contributed by atoms with E-state index in [2.05, 4.69) is 5.32 Å². The molecule has 0 spiro atoms. The number of rotatable bonds is 6. The molecular formula is C13H19N3O4. The Hall–Kier alpha value is -2.15. The Morgan fingerprint density at radius 1 is 1.55 bits per heavy atom. The molecule has 20 heavy (non-hydrogen) atoms. The molecule has 1 aromatic rings. The highest BCUT2D eigenvalue weighted by molar-refractivity contribution is 6.00. The molecule has 0 radical (unpaired) electrons. The third kappa shape index (κ3) is 3.24. The Morgan fingerprint density at radius 3 is 2.70 bits per heavy atom. The molecule has 7 nitrogen and oxygen atoms in total. The number of nitro groups is 1. The van der Waals surface area contributed by atoms with Gasteiger partial charge in [-0.15, -0.1) is 0 Å². The van der Waals surface area contributed by atoms with E-state index >= 15 is 0 Å². The molecule has 0 saturated carbocycles. The van der Waals surface area contributed by atoms with Gasteiger partial charge in [0.1, 0.15) is 11.3 Å². The SMILES string of the molecule is CCNc1cccc(C(=O)N(C)C(C)CO)c1[N+](=O)[O-]. The summed E-state index contributed by atoms with van der Waals surface area (Å²) in [6.07, 6.45) is 0. The quantitative estimate of drug-likeness (QED) is 0.608. The Bertz CT molecular complexity index is 504. The first-order valence-corrected chi connectivity index (χ1v) is 6.33. The number of amides is 1. The smallest absolute Gasteiger partial charge is 0.305 e. The summed E-state index contributed by atoms with van der Waals surface area (Å²) in [5.74, 6) is -0.488. The summed E-state index contributed by atoms with van der Waals surface area (Å²) in [5, 5.41) is 23.2. The topological polar surface area (TPSA) is 95.7 Å². The molecule has 0 fully saturated rings. The van der Waals surface area contributed by atoms with Crippen LogP contribution < -0.4 is 5.32 Å². The third-order valence-electron chi connectivity index (χ3n) is 3.06. The maximum absolute atomic E-state index is 12.3. The predicted octanol–water partition coefficient (Wildman–Crippen LogP) is 1.48. The molecule has 110 valence electrons. The highest BCUT2D eigenvalue weighted by atomic mass is 16.6. The molecule has 0 saturated heterocycles. The lowest BCUT2D eigenvalue weighted by atomic mass is 10.1. The molecule has 0 aliphatic carbocycles. The van der Waals surface area contributed by atoms with Gasteiger partial charge < -0.3 is 15.3 Å². The van der Waals surface area contributed by atoms with E-state index in [-0.39, 0.29) is 17.9 Å². The van der Waals surface area contributed by atoms with Crippen molar-refractivity contribution >= 4 is 17.3 Å². The van der Waals surface area contributed by atoms with Gasteiger partial charge in [0.2, 0.25) is 0 Å². The summed E-state index contributed by atoms with van der Waals surface area (Å²) in [4.78, 5) is 24.3. The van der Waals surface area contributed by atoms with Gasteiger partial charge in [-0.1, -0.05) is 6.07 Å². The molecule has 1 amide bonds. The summed E-state index contributed by atoms with van der Waals surface area (Å²) in [7, 11) is 1.51. The van der Waals surface area contributed by atoms with E-state index in [0.29, 0.717) is 12.2 Å². The number of nitro benzene ring substituents is 1. The normalized spacial score (nSPS) is 11.8. The van der Waals surface area contributed by atoms with Crippen LogP contribution in [-0.4, -0.2) is 47.1 Å². The number of likely N-dealkylation sites (N-methyl/N-ethyl adjacent to an activating group) is 1.